The Morgan fingerprint density at radius 1 is 1.21 bits per heavy atom. The normalized spacial score (nSPS) is 12.4. The molecule has 3 nitrogen and oxygen atoms in total. The monoisotopic (exact) mass is 281 g/mol. The third kappa shape index (κ3) is 6.28. The topological polar surface area (TPSA) is 37.8 Å². The molecule has 1 aromatic rings. The van der Waals surface area contributed by atoms with E-state index in [0.717, 1.165) is 54.1 Å². The van der Waals surface area contributed by atoms with E-state index >= 15 is 0 Å². The molecule has 1 N–H and O–H groups in total. The molecule has 0 bridgehead atoms. The van der Waals surface area contributed by atoms with Gasteiger partial charge >= 0.3 is 0 Å². The second kappa shape index (κ2) is 9.18. The van der Waals surface area contributed by atoms with Gasteiger partial charge in [0, 0.05) is 24.8 Å². The summed E-state index contributed by atoms with van der Waals surface area (Å²) in [6, 6.07) is 2.09. The Labute approximate surface area is 122 Å². The Bertz CT molecular complexity index is 368. The second-order valence-electron chi connectivity index (χ2n) is 5.01. The molecule has 0 aliphatic heterocycles. The zero-order chi connectivity index (χ0) is 14.1. The Hall–Kier alpha value is -0.770. The van der Waals surface area contributed by atoms with Crippen molar-refractivity contribution in [1.82, 2.24) is 9.97 Å². The van der Waals surface area contributed by atoms with Gasteiger partial charge in [-0.3, -0.25) is 0 Å². The first-order valence-electron chi connectivity index (χ1n) is 7.44. The molecule has 1 unspecified atom stereocenters. The van der Waals surface area contributed by atoms with Crippen molar-refractivity contribution in [1.29, 1.82) is 0 Å². The largest absolute Gasteiger partial charge is 0.370 e. The molecule has 0 aliphatic carbocycles. The molecule has 4 heteroatoms. The van der Waals surface area contributed by atoms with E-state index in [4.69, 9.17) is 0 Å². The highest BCUT2D eigenvalue weighted by atomic mass is 32.2. The molecule has 19 heavy (non-hydrogen) atoms. The fourth-order valence-corrected chi connectivity index (χ4v) is 2.63. The van der Waals surface area contributed by atoms with Crippen LogP contribution in [0.25, 0.3) is 0 Å². The summed E-state index contributed by atoms with van der Waals surface area (Å²) in [7, 11) is 0. The predicted molar refractivity (Wildman–Crippen MR) is 85.0 cm³/mol. The average molecular weight is 281 g/mol. The van der Waals surface area contributed by atoms with Crippen molar-refractivity contribution in [2.24, 2.45) is 5.92 Å². The molecular weight excluding hydrogens is 254 g/mol. The van der Waals surface area contributed by atoms with Crippen LogP contribution in [0.3, 0.4) is 0 Å². The summed E-state index contributed by atoms with van der Waals surface area (Å²) in [5.41, 5.74) is 0. The van der Waals surface area contributed by atoms with Gasteiger partial charge in [0.15, 0.2) is 0 Å². The molecule has 0 amide bonds. The van der Waals surface area contributed by atoms with E-state index in [0.29, 0.717) is 0 Å². The lowest BCUT2D eigenvalue weighted by molar-refractivity contribution is 0.636. The highest BCUT2D eigenvalue weighted by molar-refractivity contribution is 7.99. The number of nitrogens with zero attached hydrogens (tertiary/aromatic N) is 2. The van der Waals surface area contributed by atoms with Gasteiger partial charge in [0.1, 0.15) is 16.7 Å². The van der Waals surface area contributed by atoms with Crippen molar-refractivity contribution >= 4 is 17.6 Å². The van der Waals surface area contributed by atoms with Crippen molar-refractivity contribution in [3.8, 4) is 0 Å². The maximum Gasteiger partial charge on any atom is 0.132 e. The number of nitrogens with one attached hydrogen (secondary N) is 1. The Balaban J connectivity index is 2.73. The van der Waals surface area contributed by atoms with E-state index < -0.39 is 0 Å². The molecule has 0 spiro atoms. The lowest BCUT2D eigenvalue weighted by Gasteiger charge is -2.11. The Morgan fingerprint density at radius 2 is 2.00 bits per heavy atom. The van der Waals surface area contributed by atoms with Crippen LogP contribution >= 0.6 is 11.8 Å². The Kier molecular flexibility index (Phi) is 7.87. The van der Waals surface area contributed by atoms with Gasteiger partial charge in [0.05, 0.1) is 0 Å². The summed E-state index contributed by atoms with van der Waals surface area (Å²) < 4.78 is 0. The first kappa shape index (κ1) is 16.3. The molecule has 1 aromatic heterocycles. The molecule has 0 radical (unpaired) electrons. The summed E-state index contributed by atoms with van der Waals surface area (Å²) in [4.78, 5) is 9.22. The summed E-state index contributed by atoms with van der Waals surface area (Å²) in [6.45, 7) is 9.83. The van der Waals surface area contributed by atoms with Crippen molar-refractivity contribution in [3.63, 3.8) is 0 Å². The van der Waals surface area contributed by atoms with Gasteiger partial charge in [-0.1, -0.05) is 34.1 Å². The van der Waals surface area contributed by atoms with Crippen molar-refractivity contribution in [2.75, 3.05) is 17.6 Å². The molecule has 0 aliphatic rings. The van der Waals surface area contributed by atoms with Gasteiger partial charge < -0.3 is 5.32 Å². The van der Waals surface area contributed by atoms with Gasteiger partial charge in [0.25, 0.3) is 0 Å². The average Bonchev–Trinajstić information content (AvgIpc) is 2.42. The highest BCUT2D eigenvalue weighted by Crippen LogP contribution is 2.22. The number of hydrogen-bond donors (Lipinski definition) is 1. The number of hydrogen-bond acceptors (Lipinski definition) is 4. The van der Waals surface area contributed by atoms with Crippen LogP contribution in [0.1, 0.15) is 52.8 Å². The van der Waals surface area contributed by atoms with E-state index in [1.165, 1.54) is 6.42 Å². The van der Waals surface area contributed by atoms with E-state index in [-0.39, 0.29) is 0 Å². The van der Waals surface area contributed by atoms with Gasteiger partial charge in [-0.25, -0.2) is 9.97 Å². The van der Waals surface area contributed by atoms with Crippen molar-refractivity contribution in [2.45, 2.75) is 58.4 Å². The van der Waals surface area contributed by atoms with E-state index in [2.05, 4.69) is 49.0 Å². The molecular formula is C15H27N3S. The third-order valence-corrected chi connectivity index (χ3v) is 4.23. The zero-order valence-electron chi connectivity index (χ0n) is 12.7. The number of rotatable bonds is 9. The van der Waals surface area contributed by atoms with Gasteiger partial charge in [0.2, 0.25) is 0 Å². The molecule has 0 saturated carbocycles. The fourth-order valence-electron chi connectivity index (χ4n) is 1.57. The predicted octanol–water partition coefficient (Wildman–Crippen LogP) is 4.39. The number of anilines is 1. The minimum Gasteiger partial charge on any atom is -0.370 e. The number of aromatic nitrogens is 2. The summed E-state index contributed by atoms with van der Waals surface area (Å²) in [6.07, 6.45) is 4.38. The zero-order valence-corrected chi connectivity index (χ0v) is 13.5. The number of aryl methyl sites for hydroxylation is 1. The van der Waals surface area contributed by atoms with Crippen LogP contribution in [-0.4, -0.2) is 22.3 Å². The first-order valence-corrected chi connectivity index (χ1v) is 8.42. The second-order valence-corrected chi connectivity index (χ2v) is 6.05. The summed E-state index contributed by atoms with van der Waals surface area (Å²) in [5, 5.41) is 4.48. The smallest absolute Gasteiger partial charge is 0.132 e. The summed E-state index contributed by atoms with van der Waals surface area (Å²) in [5.74, 6) is 3.82. The molecule has 1 rings (SSSR count). The van der Waals surface area contributed by atoms with Crippen LogP contribution in [0.2, 0.25) is 0 Å². The van der Waals surface area contributed by atoms with Crippen LogP contribution < -0.4 is 5.32 Å². The SMILES string of the molecule is CCCNc1cc(SCC(C)CC)nc(CCC)n1. The summed E-state index contributed by atoms with van der Waals surface area (Å²) >= 11 is 1.85. The quantitative estimate of drug-likeness (QED) is 0.538. The molecule has 0 saturated heterocycles. The minimum atomic E-state index is 0.738. The Morgan fingerprint density at radius 3 is 2.63 bits per heavy atom. The molecule has 1 heterocycles. The maximum absolute atomic E-state index is 4.65. The van der Waals surface area contributed by atoms with E-state index in [1.807, 2.05) is 11.8 Å². The van der Waals surface area contributed by atoms with Gasteiger partial charge in [-0.15, -0.1) is 11.8 Å². The van der Waals surface area contributed by atoms with Gasteiger partial charge in [-0.2, -0.15) is 0 Å². The van der Waals surface area contributed by atoms with Crippen LogP contribution in [-0.2, 0) is 6.42 Å². The van der Waals surface area contributed by atoms with Crippen LogP contribution in [0.5, 0.6) is 0 Å². The lowest BCUT2D eigenvalue weighted by atomic mass is 10.2. The van der Waals surface area contributed by atoms with Crippen molar-refractivity contribution < 1.29 is 0 Å². The first-order chi connectivity index (χ1) is 9.19. The van der Waals surface area contributed by atoms with Gasteiger partial charge in [-0.05, 0) is 18.8 Å². The fraction of sp³-hybridized carbons (Fsp3) is 0.733. The third-order valence-electron chi connectivity index (χ3n) is 2.99. The maximum atomic E-state index is 4.65. The van der Waals surface area contributed by atoms with Crippen LogP contribution in [0.4, 0.5) is 5.82 Å². The van der Waals surface area contributed by atoms with Crippen LogP contribution in [0, 0.1) is 5.92 Å². The molecule has 0 fully saturated rings. The molecule has 1 atom stereocenters. The standard InChI is InChI=1S/C15H27N3S/c1-5-8-13-17-14(16-9-6-2)10-15(18-13)19-11-12(4)7-3/h10,12H,5-9,11H2,1-4H3,(H,16,17,18). The lowest BCUT2D eigenvalue weighted by Crippen LogP contribution is -2.06. The highest BCUT2D eigenvalue weighted by Gasteiger charge is 2.06. The molecule has 108 valence electrons. The molecule has 0 aromatic carbocycles. The van der Waals surface area contributed by atoms with E-state index in [9.17, 15) is 0 Å². The number of thioether (sulfide) groups is 1. The van der Waals surface area contributed by atoms with Crippen LogP contribution in [0.15, 0.2) is 11.1 Å². The van der Waals surface area contributed by atoms with Crippen molar-refractivity contribution in [3.05, 3.63) is 11.9 Å². The minimum absolute atomic E-state index is 0.738. The van der Waals surface area contributed by atoms with E-state index in [1.54, 1.807) is 0 Å².